The second kappa shape index (κ2) is 10.8. The Morgan fingerprint density at radius 1 is 0.848 bits per heavy atom. The zero-order chi connectivity index (χ0) is 23.4. The summed E-state index contributed by atoms with van der Waals surface area (Å²) in [6, 6.07) is 14.6. The summed E-state index contributed by atoms with van der Waals surface area (Å²) >= 11 is 12.0. The molecule has 4 rings (SSSR count). The maximum atomic E-state index is 13.6. The van der Waals surface area contributed by atoms with E-state index in [1.807, 2.05) is 24.3 Å². The van der Waals surface area contributed by atoms with Crippen molar-refractivity contribution in [1.82, 2.24) is 0 Å². The number of rotatable bonds is 8. The summed E-state index contributed by atoms with van der Waals surface area (Å²) in [5, 5.41) is 1.22. The molecule has 1 aliphatic heterocycles. The van der Waals surface area contributed by atoms with Gasteiger partial charge in [0.05, 0.1) is 0 Å². The predicted molar refractivity (Wildman–Crippen MR) is 128 cm³/mol. The summed E-state index contributed by atoms with van der Waals surface area (Å²) in [6.45, 7) is 0. The Labute approximate surface area is 204 Å². The van der Waals surface area contributed by atoms with Crippen LogP contribution in [0.15, 0.2) is 48.5 Å². The molecule has 2 fully saturated rings. The summed E-state index contributed by atoms with van der Waals surface area (Å²) in [4.78, 5) is 39.4. The van der Waals surface area contributed by atoms with Gasteiger partial charge in [-0.1, -0.05) is 79.6 Å². The molecule has 1 saturated heterocycles. The van der Waals surface area contributed by atoms with E-state index in [1.165, 1.54) is 6.42 Å². The number of Topliss-reactive ketones (excluding diaryl/α,β-unsaturated/α-hetero) is 2. The van der Waals surface area contributed by atoms with E-state index in [-0.39, 0.29) is 11.6 Å². The van der Waals surface area contributed by atoms with Gasteiger partial charge in [-0.05, 0) is 60.6 Å². The van der Waals surface area contributed by atoms with E-state index in [0.717, 1.165) is 36.8 Å². The lowest BCUT2D eigenvalue weighted by molar-refractivity contribution is -0.148. The molecule has 2 aliphatic rings. The Balaban J connectivity index is 1.52. The van der Waals surface area contributed by atoms with Crippen LogP contribution in [0.4, 0.5) is 0 Å². The highest BCUT2D eigenvalue weighted by molar-refractivity contribution is 6.30. The first-order chi connectivity index (χ1) is 15.9. The van der Waals surface area contributed by atoms with Gasteiger partial charge in [0.25, 0.3) is 0 Å². The fourth-order valence-corrected chi connectivity index (χ4v) is 5.29. The van der Waals surface area contributed by atoms with Gasteiger partial charge < -0.3 is 4.74 Å². The first kappa shape index (κ1) is 24.0. The fraction of sp³-hybridized carbons (Fsp3) is 0.444. The average molecular weight is 487 g/mol. The monoisotopic (exact) mass is 486 g/mol. The smallest absolute Gasteiger partial charge is 0.325 e. The van der Waals surface area contributed by atoms with Crippen molar-refractivity contribution < 1.29 is 19.1 Å². The standard InChI is InChI=1S/C27H28Cl2O4/c28-21-10-6-18(7-11-21)14-20(15-19-8-12-22(29)13-9-19)25(30)24-26(31)23(33-27(24)32)16-17-4-2-1-3-5-17/h6-13,17,20,23-24H,1-5,14-16H2. The molecule has 1 heterocycles. The van der Waals surface area contributed by atoms with E-state index in [1.54, 1.807) is 24.3 Å². The molecule has 0 spiro atoms. The van der Waals surface area contributed by atoms with Crippen molar-refractivity contribution in [3.05, 3.63) is 69.7 Å². The Kier molecular flexibility index (Phi) is 7.87. The molecule has 2 aromatic rings. The zero-order valence-electron chi connectivity index (χ0n) is 18.5. The SMILES string of the molecule is O=C1OC(CC2CCCCC2)C(=O)C1C(=O)C(Cc1ccc(Cl)cc1)Cc1ccc(Cl)cc1. The number of cyclic esters (lactones) is 1. The number of hydrogen-bond donors (Lipinski definition) is 0. The Morgan fingerprint density at radius 2 is 1.36 bits per heavy atom. The minimum Gasteiger partial charge on any atom is -0.453 e. The van der Waals surface area contributed by atoms with Gasteiger partial charge in [0.2, 0.25) is 0 Å². The third-order valence-corrected chi connectivity index (χ3v) is 7.35. The molecule has 4 nitrogen and oxygen atoms in total. The molecule has 2 unspecified atom stereocenters. The normalized spacial score (nSPS) is 21.4. The number of carbonyl (C=O) groups excluding carboxylic acids is 3. The quantitative estimate of drug-likeness (QED) is 0.336. The zero-order valence-corrected chi connectivity index (χ0v) is 20.0. The van der Waals surface area contributed by atoms with Gasteiger partial charge in [-0.15, -0.1) is 0 Å². The molecule has 1 aliphatic carbocycles. The lowest BCUT2D eigenvalue weighted by Gasteiger charge is -2.23. The van der Waals surface area contributed by atoms with Crippen LogP contribution in [-0.2, 0) is 32.0 Å². The molecular weight excluding hydrogens is 459 g/mol. The van der Waals surface area contributed by atoms with Crippen LogP contribution < -0.4 is 0 Å². The number of carbonyl (C=O) groups is 3. The van der Waals surface area contributed by atoms with Gasteiger partial charge >= 0.3 is 5.97 Å². The van der Waals surface area contributed by atoms with Crippen LogP contribution in [0, 0.1) is 17.8 Å². The van der Waals surface area contributed by atoms with Crippen LogP contribution in [0.1, 0.15) is 49.7 Å². The highest BCUT2D eigenvalue weighted by Crippen LogP contribution is 2.33. The minimum atomic E-state index is -1.33. The molecule has 1 saturated carbocycles. The fourth-order valence-electron chi connectivity index (χ4n) is 5.03. The first-order valence-corrected chi connectivity index (χ1v) is 12.4. The van der Waals surface area contributed by atoms with E-state index in [2.05, 4.69) is 0 Å². The van der Waals surface area contributed by atoms with Crippen molar-refractivity contribution in [2.24, 2.45) is 17.8 Å². The lowest BCUT2D eigenvalue weighted by Crippen LogP contribution is -2.35. The van der Waals surface area contributed by atoms with E-state index < -0.39 is 23.9 Å². The van der Waals surface area contributed by atoms with Gasteiger partial charge in [-0.25, -0.2) is 0 Å². The molecule has 33 heavy (non-hydrogen) atoms. The second-order valence-corrected chi connectivity index (χ2v) is 10.1. The summed E-state index contributed by atoms with van der Waals surface area (Å²) in [6.07, 6.45) is 6.16. The van der Waals surface area contributed by atoms with Crippen molar-refractivity contribution in [3.8, 4) is 0 Å². The summed E-state index contributed by atoms with van der Waals surface area (Å²) in [5.41, 5.74) is 1.84. The average Bonchev–Trinajstić information content (AvgIpc) is 3.09. The van der Waals surface area contributed by atoms with Gasteiger partial charge in [0.15, 0.2) is 23.6 Å². The van der Waals surface area contributed by atoms with Crippen LogP contribution in [-0.4, -0.2) is 23.6 Å². The molecule has 0 radical (unpaired) electrons. The highest BCUT2D eigenvalue weighted by Gasteiger charge is 2.49. The summed E-state index contributed by atoms with van der Waals surface area (Å²) < 4.78 is 5.45. The molecule has 2 aromatic carbocycles. The highest BCUT2D eigenvalue weighted by atomic mass is 35.5. The third kappa shape index (κ3) is 6.04. The summed E-state index contributed by atoms with van der Waals surface area (Å²) in [5.74, 6) is -2.91. The third-order valence-electron chi connectivity index (χ3n) is 6.85. The Hall–Kier alpha value is -2.17. The van der Waals surface area contributed by atoms with Crippen LogP contribution in [0.3, 0.4) is 0 Å². The number of ketones is 2. The molecule has 0 bridgehead atoms. The largest absolute Gasteiger partial charge is 0.453 e. The predicted octanol–water partition coefficient (Wildman–Crippen LogP) is 6.05. The minimum absolute atomic E-state index is 0.360. The lowest BCUT2D eigenvalue weighted by atomic mass is 9.80. The molecule has 0 N–H and O–H groups in total. The first-order valence-electron chi connectivity index (χ1n) is 11.7. The van der Waals surface area contributed by atoms with Crippen molar-refractivity contribution in [2.75, 3.05) is 0 Å². The van der Waals surface area contributed by atoms with Crippen LogP contribution >= 0.6 is 23.2 Å². The molecule has 0 amide bonds. The maximum absolute atomic E-state index is 13.6. The number of ether oxygens (including phenoxy) is 1. The van der Waals surface area contributed by atoms with Crippen LogP contribution in [0.25, 0.3) is 0 Å². The van der Waals surface area contributed by atoms with E-state index in [4.69, 9.17) is 27.9 Å². The van der Waals surface area contributed by atoms with Crippen LogP contribution in [0.2, 0.25) is 10.0 Å². The number of benzene rings is 2. The Bertz CT molecular complexity index is 946. The molecule has 174 valence electrons. The van der Waals surface area contributed by atoms with E-state index in [9.17, 15) is 14.4 Å². The van der Waals surface area contributed by atoms with Crippen LogP contribution in [0.5, 0.6) is 0 Å². The molecule has 2 atom stereocenters. The van der Waals surface area contributed by atoms with Gasteiger partial charge in [-0.3, -0.25) is 14.4 Å². The van der Waals surface area contributed by atoms with Crippen molar-refractivity contribution in [1.29, 1.82) is 0 Å². The maximum Gasteiger partial charge on any atom is 0.325 e. The van der Waals surface area contributed by atoms with Crippen molar-refractivity contribution in [3.63, 3.8) is 0 Å². The number of halogens is 2. The number of hydrogen-bond acceptors (Lipinski definition) is 4. The summed E-state index contributed by atoms with van der Waals surface area (Å²) in [7, 11) is 0. The topological polar surface area (TPSA) is 60.4 Å². The van der Waals surface area contributed by atoms with Crippen molar-refractivity contribution in [2.45, 2.75) is 57.5 Å². The second-order valence-electron chi connectivity index (χ2n) is 9.26. The molecule has 0 aromatic heterocycles. The van der Waals surface area contributed by atoms with Gasteiger partial charge in [0, 0.05) is 16.0 Å². The van der Waals surface area contributed by atoms with Gasteiger partial charge in [0.1, 0.15) is 0 Å². The van der Waals surface area contributed by atoms with E-state index in [0.29, 0.717) is 35.2 Å². The number of esters is 1. The van der Waals surface area contributed by atoms with Gasteiger partial charge in [-0.2, -0.15) is 0 Å². The van der Waals surface area contributed by atoms with E-state index >= 15 is 0 Å². The Morgan fingerprint density at radius 3 is 1.88 bits per heavy atom. The molecule has 6 heteroatoms. The van der Waals surface area contributed by atoms with Crippen molar-refractivity contribution >= 4 is 40.7 Å². The molecular formula is C27H28Cl2O4.